The van der Waals surface area contributed by atoms with Crippen molar-refractivity contribution in [2.45, 2.75) is 45.1 Å². The lowest BCUT2D eigenvalue weighted by atomic mass is 9.78. The Morgan fingerprint density at radius 3 is 2.71 bits per heavy atom. The maximum atomic E-state index is 13.2. The van der Waals surface area contributed by atoms with Crippen molar-refractivity contribution in [3.8, 4) is 0 Å². The minimum Gasteiger partial charge on any atom is -0.327 e. The van der Waals surface area contributed by atoms with Crippen LogP contribution >= 0.6 is 11.6 Å². The van der Waals surface area contributed by atoms with Gasteiger partial charge in [-0.25, -0.2) is 4.39 Å². The van der Waals surface area contributed by atoms with Crippen LogP contribution in [0.2, 0.25) is 5.02 Å². The summed E-state index contributed by atoms with van der Waals surface area (Å²) in [5, 5.41) is 0.614. The fraction of sp³-hybridized carbons (Fsp3) is 0.571. The molecule has 1 aromatic carbocycles. The lowest BCUT2D eigenvalue weighted by Gasteiger charge is -2.31. The Bertz CT molecular complexity index is 399. The average Bonchev–Trinajstić information content (AvgIpc) is 2.72. The summed E-state index contributed by atoms with van der Waals surface area (Å²) in [6.07, 6.45) is 5.50. The number of hydrogen-bond donors (Lipinski definition) is 1. The van der Waals surface area contributed by atoms with Crippen molar-refractivity contribution in [1.82, 2.24) is 0 Å². The zero-order chi connectivity index (χ0) is 12.5. The fourth-order valence-electron chi connectivity index (χ4n) is 2.74. The van der Waals surface area contributed by atoms with Crippen LogP contribution in [0.5, 0.6) is 0 Å². The van der Waals surface area contributed by atoms with E-state index in [0.29, 0.717) is 11.4 Å². The Kier molecular flexibility index (Phi) is 3.74. The van der Waals surface area contributed by atoms with Gasteiger partial charge in [0.15, 0.2) is 0 Å². The molecule has 0 spiro atoms. The molecule has 0 aromatic heterocycles. The van der Waals surface area contributed by atoms with Gasteiger partial charge < -0.3 is 5.73 Å². The SMILES string of the molecule is CC1(C(N)Cc2cc(F)ccc2Cl)CCCC1. The van der Waals surface area contributed by atoms with Gasteiger partial charge in [-0.15, -0.1) is 0 Å². The molecule has 1 aliphatic rings. The van der Waals surface area contributed by atoms with Gasteiger partial charge in [-0.1, -0.05) is 31.4 Å². The number of halogens is 2. The molecular formula is C14H19ClFN. The van der Waals surface area contributed by atoms with E-state index in [-0.39, 0.29) is 17.3 Å². The highest BCUT2D eigenvalue weighted by Gasteiger charge is 2.34. The molecule has 1 aliphatic carbocycles. The third-order valence-corrected chi connectivity index (χ3v) is 4.46. The second-order valence-electron chi connectivity index (χ2n) is 5.41. The lowest BCUT2D eigenvalue weighted by molar-refractivity contribution is 0.260. The van der Waals surface area contributed by atoms with Gasteiger partial charge in [-0.2, -0.15) is 0 Å². The lowest BCUT2D eigenvalue weighted by Crippen LogP contribution is -2.39. The number of nitrogens with two attached hydrogens (primary N) is 1. The largest absolute Gasteiger partial charge is 0.327 e. The number of hydrogen-bond acceptors (Lipinski definition) is 1. The van der Waals surface area contributed by atoms with Gasteiger partial charge >= 0.3 is 0 Å². The average molecular weight is 256 g/mol. The smallest absolute Gasteiger partial charge is 0.123 e. The normalized spacial score (nSPS) is 20.5. The molecular weight excluding hydrogens is 237 g/mol. The summed E-state index contributed by atoms with van der Waals surface area (Å²) in [5.74, 6) is -0.242. The van der Waals surface area contributed by atoms with Crippen LogP contribution in [0.25, 0.3) is 0 Å². The molecule has 2 rings (SSSR count). The van der Waals surface area contributed by atoms with Crippen molar-refractivity contribution >= 4 is 11.6 Å². The third-order valence-electron chi connectivity index (χ3n) is 4.09. The summed E-state index contributed by atoms with van der Waals surface area (Å²) in [5.41, 5.74) is 7.30. The predicted molar refractivity (Wildman–Crippen MR) is 69.7 cm³/mol. The van der Waals surface area contributed by atoms with Crippen molar-refractivity contribution in [3.63, 3.8) is 0 Å². The zero-order valence-corrected chi connectivity index (χ0v) is 10.9. The second kappa shape index (κ2) is 4.95. The van der Waals surface area contributed by atoms with Crippen LogP contribution in [-0.4, -0.2) is 6.04 Å². The Balaban J connectivity index is 2.12. The van der Waals surface area contributed by atoms with Crippen molar-refractivity contribution in [1.29, 1.82) is 0 Å². The molecule has 1 saturated carbocycles. The van der Waals surface area contributed by atoms with Gasteiger partial charge in [-0.05, 0) is 48.4 Å². The molecule has 94 valence electrons. The van der Waals surface area contributed by atoms with E-state index in [4.69, 9.17) is 17.3 Å². The van der Waals surface area contributed by atoms with Crippen molar-refractivity contribution in [2.24, 2.45) is 11.1 Å². The monoisotopic (exact) mass is 255 g/mol. The van der Waals surface area contributed by atoms with E-state index in [1.165, 1.54) is 37.8 Å². The molecule has 1 aromatic rings. The van der Waals surface area contributed by atoms with Gasteiger partial charge in [0.2, 0.25) is 0 Å². The highest BCUT2D eigenvalue weighted by Crippen LogP contribution is 2.41. The first kappa shape index (κ1) is 12.8. The molecule has 0 amide bonds. The third kappa shape index (κ3) is 2.80. The van der Waals surface area contributed by atoms with E-state index in [0.717, 1.165) is 5.56 Å². The first-order valence-corrected chi connectivity index (χ1v) is 6.58. The van der Waals surface area contributed by atoms with Gasteiger partial charge in [0.05, 0.1) is 0 Å². The van der Waals surface area contributed by atoms with Gasteiger partial charge in [0, 0.05) is 11.1 Å². The summed E-state index contributed by atoms with van der Waals surface area (Å²) in [7, 11) is 0. The van der Waals surface area contributed by atoms with Gasteiger partial charge in [0.25, 0.3) is 0 Å². The van der Waals surface area contributed by atoms with Crippen LogP contribution < -0.4 is 5.73 Å². The van der Waals surface area contributed by atoms with E-state index in [2.05, 4.69) is 6.92 Å². The van der Waals surface area contributed by atoms with Crippen molar-refractivity contribution < 1.29 is 4.39 Å². The molecule has 0 saturated heterocycles. The summed E-state index contributed by atoms with van der Waals surface area (Å²) in [6, 6.07) is 4.55. The first-order chi connectivity index (χ1) is 8.01. The van der Waals surface area contributed by atoms with E-state index < -0.39 is 0 Å². The molecule has 0 heterocycles. The summed E-state index contributed by atoms with van der Waals surface area (Å²) < 4.78 is 13.2. The molecule has 2 N–H and O–H groups in total. The van der Waals surface area contributed by atoms with Crippen LogP contribution in [0.15, 0.2) is 18.2 Å². The van der Waals surface area contributed by atoms with E-state index in [1.807, 2.05) is 0 Å². The van der Waals surface area contributed by atoms with Crippen molar-refractivity contribution in [2.75, 3.05) is 0 Å². The minimum atomic E-state index is -0.242. The maximum Gasteiger partial charge on any atom is 0.123 e. The first-order valence-electron chi connectivity index (χ1n) is 6.21. The van der Waals surface area contributed by atoms with Crippen LogP contribution in [0.1, 0.15) is 38.2 Å². The van der Waals surface area contributed by atoms with E-state index >= 15 is 0 Å². The van der Waals surface area contributed by atoms with E-state index in [9.17, 15) is 4.39 Å². The van der Waals surface area contributed by atoms with Gasteiger partial charge in [0.1, 0.15) is 5.82 Å². The number of benzene rings is 1. The van der Waals surface area contributed by atoms with Gasteiger partial charge in [-0.3, -0.25) is 0 Å². The van der Waals surface area contributed by atoms with Crippen LogP contribution in [-0.2, 0) is 6.42 Å². The standard InChI is InChI=1S/C14H19ClFN/c1-14(6-2-3-7-14)13(17)9-10-8-11(16)4-5-12(10)15/h4-5,8,13H,2-3,6-7,9,17H2,1H3. The molecule has 0 aliphatic heterocycles. The molecule has 1 unspecified atom stereocenters. The molecule has 0 radical (unpaired) electrons. The minimum absolute atomic E-state index is 0.0595. The van der Waals surface area contributed by atoms with Crippen LogP contribution in [0.4, 0.5) is 4.39 Å². The highest BCUT2D eigenvalue weighted by atomic mass is 35.5. The predicted octanol–water partition coefficient (Wildman–Crippen LogP) is 3.93. The molecule has 0 bridgehead atoms. The molecule has 3 heteroatoms. The molecule has 1 fully saturated rings. The number of rotatable bonds is 3. The van der Waals surface area contributed by atoms with E-state index in [1.54, 1.807) is 6.07 Å². The highest BCUT2D eigenvalue weighted by molar-refractivity contribution is 6.31. The fourth-order valence-corrected chi connectivity index (χ4v) is 2.93. The Morgan fingerprint density at radius 1 is 1.41 bits per heavy atom. The molecule has 17 heavy (non-hydrogen) atoms. The Morgan fingerprint density at radius 2 is 2.06 bits per heavy atom. The van der Waals surface area contributed by atoms with Crippen LogP contribution in [0, 0.1) is 11.2 Å². The van der Waals surface area contributed by atoms with Crippen molar-refractivity contribution in [3.05, 3.63) is 34.6 Å². The zero-order valence-electron chi connectivity index (χ0n) is 10.2. The second-order valence-corrected chi connectivity index (χ2v) is 5.81. The summed E-state index contributed by atoms with van der Waals surface area (Å²) in [6.45, 7) is 2.23. The molecule has 1 atom stereocenters. The molecule has 1 nitrogen and oxygen atoms in total. The Hall–Kier alpha value is -0.600. The van der Waals surface area contributed by atoms with Crippen LogP contribution in [0.3, 0.4) is 0 Å². The summed E-state index contributed by atoms with van der Waals surface area (Å²) >= 11 is 6.07. The maximum absolute atomic E-state index is 13.2. The topological polar surface area (TPSA) is 26.0 Å². The Labute approximate surface area is 107 Å². The summed E-state index contributed by atoms with van der Waals surface area (Å²) in [4.78, 5) is 0. The quantitative estimate of drug-likeness (QED) is 0.870.